The molecule has 0 fully saturated rings. The molecule has 0 unspecified atom stereocenters. The zero-order chi connectivity index (χ0) is 11.3. The van der Waals surface area contributed by atoms with Gasteiger partial charge in [-0.25, -0.2) is 4.79 Å². The van der Waals surface area contributed by atoms with Crippen LogP contribution in [0.1, 0.15) is 10.4 Å². The highest BCUT2D eigenvalue weighted by Gasteiger charge is 2.04. The fourth-order valence-corrected chi connectivity index (χ4v) is 0.975. The van der Waals surface area contributed by atoms with Crippen molar-refractivity contribution >= 4 is 17.6 Å². The van der Waals surface area contributed by atoms with Gasteiger partial charge in [-0.05, 0) is 30.2 Å². The van der Waals surface area contributed by atoms with Gasteiger partial charge in [0.15, 0.2) is 0 Å². The quantitative estimate of drug-likeness (QED) is 0.577. The molecule has 0 aliphatic carbocycles. The number of esters is 1. The maximum absolute atomic E-state index is 11.1. The van der Waals surface area contributed by atoms with Crippen molar-refractivity contribution in [3.05, 3.63) is 29.8 Å². The first-order valence-corrected chi connectivity index (χ1v) is 4.13. The van der Waals surface area contributed by atoms with Crippen LogP contribution in [-0.4, -0.2) is 19.0 Å². The van der Waals surface area contributed by atoms with E-state index in [0.717, 1.165) is 0 Å². The van der Waals surface area contributed by atoms with Crippen LogP contribution in [0.4, 0.5) is 5.69 Å². The van der Waals surface area contributed by atoms with Gasteiger partial charge in [-0.15, -0.1) is 6.42 Å². The van der Waals surface area contributed by atoms with Crippen molar-refractivity contribution in [3.63, 3.8) is 0 Å². The number of nitrogens with one attached hydrogen (secondary N) is 1. The minimum absolute atomic E-state index is 0.413. The highest BCUT2D eigenvalue weighted by atomic mass is 16.5. The summed E-state index contributed by atoms with van der Waals surface area (Å²) >= 11 is 0. The molecule has 1 aromatic carbocycles. The molecule has 0 atom stereocenters. The lowest BCUT2D eigenvalue weighted by atomic mass is 10.2. The predicted molar refractivity (Wildman–Crippen MR) is 55.2 cm³/mol. The van der Waals surface area contributed by atoms with E-state index < -0.39 is 11.9 Å². The van der Waals surface area contributed by atoms with Gasteiger partial charge in [0.25, 0.3) is 5.91 Å². The van der Waals surface area contributed by atoms with Crippen molar-refractivity contribution in [1.29, 1.82) is 0 Å². The van der Waals surface area contributed by atoms with Crippen LogP contribution < -0.4 is 5.32 Å². The largest absolute Gasteiger partial charge is 0.465 e. The Morgan fingerprint density at radius 2 is 1.93 bits per heavy atom. The van der Waals surface area contributed by atoms with E-state index in [1.807, 2.05) is 5.92 Å². The summed E-state index contributed by atoms with van der Waals surface area (Å²) in [6, 6.07) is 6.22. The molecular weight excluding hydrogens is 194 g/mol. The molecule has 1 aromatic rings. The molecular formula is C11H9NO3. The Labute approximate surface area is 87.2 Å². The molecule has 1 rings (SSSR count). The van der Waals surface area contributed by atoms with Crippen LogP contribution in [0.15, 0.2) is 24.3 Å². The third kappa shape index (κ3) is 2.85. The van der Waals surface area contributed by atoms with Gasteiger partial charge < -0.3 is 10.1 Å². The summed E-state index contributed by atoms with van der Waals surface area (Å²) in [6.07, 6.45) is 4.88. The van der Waals surface area contributed by atoms with E-state index in [2.05, 4.69) is 10.1 Å². The second-order valence-electron chi connectivity index (χ2n) is 2.67. The molecule has 1 amide bonds. The molecule has 0 radical (unpaired) electrons. The lowest BCUT2D eigenvalue weighted by molar-refractivity contribution is -0.111. The van der Waals surface area contributed by atoms with Crippen LogP contribution >= 0.6 is 0 Å². The number of anilines is 1. The van der Waals surface area contributed by atoms with Gasteiger partial charge in [-0.1, -0.05) is 0 Å². The second-order valence-corrected chi connectivity index (χ2v) is 2.67. The molecule has 4 heteroatoms. The number of carbonyl (C=O) groups excluding carboxylic acids is 2. The van der Waals surface area contributed by atoms with Crippen molar-refractivity contribution < 1.29 is 14.3 Å². The minimum atomic E-state index is -0.527. The van der Waals surface area contributed by atoms with E-state index in [9.17, 15) is 9.59 Å². The van der Waals surface area contributed by atoms with Crippen molar-refractivity contribution in [2.75, 3.05) is 12.4 Å². The summed E-state index contributed by atoms with van der Waals surface area (Å²) in [7, 11) is 1.30. The number of hydrogen-bond donors (Lipinski definition) is 1. The van der Waals surface area contributed by atoms with Crippen LogP contribution in [-0.2, 0) is 9.53 Å². The lowest BCUT2D eigenvalue weighted by Gasteiger charge is -2.02. The van der Waals surface area contributed by atoms with Crippen LogP contribution in [0.5, 0.6) is 0 Å². The number of carbonyl (C=O) groups is 2. The lowest BCUT2D eigenvalue weighted by Crippen LogP contribution is -2.08. The normalized spacial score (nSPS) is 8.80. The average Bonchev–Trinajstić information content (AvgIpc) is 2.29. The number of hydrogen-bond acceptors (Lipinski definition) is 3. The highest BCUT2D eigenvalue weighted by molar-refractivity contribution is 6.03. The maximum Gasteiger partial charge on any atom is 0.337 e. The van der Waals surface area contributed by atoms with Gasteiger partial charge in [-0.3, -0.25) is 4.79 Å². The number of terminal acetylenes is 1. The molecule has 0 saturated carbocycles. The van der Waals surface area contributed by atoms with Gasteiger partial charge in [0.2, 0.25) is 0 Å². The Morgan fingerprint density at radius 1 is 1.33 bits per heavy atom. The van der Waals surface area contributed by atoms with Crippen LogP contribution in [0, 0.1) is 12.3 Å². The first-order valence-electron chi connectivity index (χ1n) is 4.13. The summed E-state index contributed by atoms with van der Waals surface area (Å²) in [5.74, 6) is 0.967. The highest BCUT2D eigenvalue weighted by Crippen LogP contribution is 2.09. The van der Waals surface area contributed by atoms with E-state index >= 15 is 0 Å². The van der Waals surface area contributed by atoms with Crippen LogP contribution in [0.3, 0.4) is 0 Å². The topological polar surface area (TPSA) is 55.4 Å². The summed E-state index contributed by atoms with van der Waals surface area (Å²) < 4.78 is 4.52. The molecule has 0 aliphatic rings. The van der Waals surface area contributed by atoms with Gasteiger partial charge in [0, 0.05) is 5.69 Å². The molecule has 0 saturated heterocycles. The van der Waals surface area contributed by atoms with E-state index in [4.69, 9.17) is 6.42 Å². The van der Waals surface area contributed by atoms with Crippen LogP contribution in [0.2, 0.25) is 0 Å². The van der Waals surface area contributed by atoms with Gasteiger partial charge in [0.05, 0.1) is 12.7 Å². The number of amides is 1. The van der Waals surface area contributed by atoms with E-state index in [0.29, 0.717) is 11.3 Å². The average molecular weight is 203 g/mol. The molecule has 0 aromatic heterocycles. The smallest absolute Gasteiger partial charge is 0.337 e. The summed E-state index contributed by atoms with van der Waals surface area (Å²) in [6.45, 7) is 0. The standard InChI is InChI=1S/C11H9NO3/c1-3-10(13)12-9-6-4-8(5-7-9)11(14)15-2/h1,4-7H,2H3,(H,12,13). The molecule has 0 spiro atoms. The molecule has 0 aliphatic heterocycles. The summed E-state index contributed by atoms with van der Waals surface area (Å²) in [5.41, 5.74) is 0.946. The number of benzene rings is 1. The Balaban J connectivity index is 2.78. The number of methoxy groups -OCH3 is 1. The third-order valence-electron chi connectivity index (χ3n) is 1.69. The van der Waals surface area contributed by atoms with E-state index in [-0.39, 0.29) is 0 Å². The first-order chi connectivity index (χ1) is 7.17. The van der Waals surface area contributed by atoms with Gasteiger partial charge in [-0.2, -0.15) is 0 Å². The van der Waals surface area contributed by atoms with E-state index in [1.165, 1.54) is 19.2 Å². The molecule has 0 heterocycles. The maximum atomic E-state index is 11.1. The minimum Gasteiger partial charge on any atom is -0.465 e. The zero-order valence-electron chi connectivity index (χ0n) is 8.11. The second kappa shape index (κ2) is 4.82. The zero-order valence-corrected chi connectivity index (χ0v) is 8.11. The molecule has 4 nitrogen and oxygen atoms in total. The fourth-order valence-electron chi connectivity index (χ4n) is 0.975. The first kappa shape index (κ1) is 10.8. The summed E-state index contributed by atoms with van der Waals surface area (Å²) in [5, 5.41) is 2.45. The van der Waals surface area contributed by atoms with Crippen molar-refractivity contribution in [2.24, 2.45) is 0 Å². The number of rotatable bonds is 2. The molecule has 76 valence electrons. The predicted octanol–water partition coefficient (Wildman–Crippen LogP) is 1.04. The Kier molecular flexibility index (Phi) is 3.47. The Morgan fingerprint density at radius 3 is 2.40 bits per heavy atom. The summed E-state index contributed by atoms with van der Waals surface area (Å²) in [4.78, 5) is 21.9. The van der Waals surface area contributed by atoms with Crippen molar-refractivity contribution in [1.82, 2.24) is 0 Å². The monoisotopic (exact) mass is 203 g/mol. The third-order valence-corrected chi connectivity index (χ3v) is 1.69. The molecule has 1 N–H and O–H groups in total. The Bertz CT molecular complexity index is 414. The van der Waals surface area contributed by atoms with Gasteiger partial charge in [0.1, 0.15) is 0 Å². The van der Waals surface area contributed by atoms with Crippen molar-refractivity contribution in [2.45, 2.75) is 0 Å². The molecule has 15 heavy (non-hydrogen) atoms. The molecule has 0 bridgehead atoms. The SMILES string of the molecule is C#CC(=O)Nc1ccc(C(=O)OC)cc1. The van der Waals surface area contributed by atoms with Crippen LogP contribution in [0.25, 0.3) is 0 Å². The van der Waals surface area contributed by atoms with Gasteiger partial charge >= 0.3 is 5.97 Å². The Hall–Kier alpha value is -2.28. The number of ether oxygens (including phenoxy) is 1. The van der Waals surface area contributed by atoms with Crippen molar-refractivity contribution in [3.8, 4) is 12.3 Å². The van der Waals surface area contributed by atoms with E-state index in [1.54, 1.807) is 12.1 Å². The fraction of sp³-hybridized carbons (Fsp3) is 0.0909.